The van der Waals surface area contributed by atoms with Gasteiger partial charge >= 0.3 is 0 Å². The van der Waals surface area contributed by atoms with Crippen LogP contribution in [-0.2, 0) is 9.59 Å². The fraction of sp³-hybridized carbons (Fsp3) is 0.818. The Bertz CT molecular complexity index is 205. The molecule has 0 heterocycles. The Kier molecular flexibility index (Phi) is 17.3. The lowest BCUT2D eigenvalue weighted by atomic mass is 10.2. The minimum absolute atomic E-state index is 0.556. The highest BCUT2D eigenvalue weighted by Gasteiger charge is 1.87. The molecule has 0 aromatic heterocycles. The number of hydrogen-bond donors (Lipinski definition) is 0. The Labute approximate surface area is 97.3 Å². The van der Waals surface area contributed by atoms with Gasteiger partial charge in [0.25, 0.3) is 0 Å². The molecule has 0 saturated heterocycles. The molecule has 92 valence electrons. The van der Waals surface area contributed by atoms with Crippen molar-refractivity contribution >= 4 is 12.2 Å². The van der Waals surface area contributed by atoms with Crippen LogP contribution in [0.3, 0.4) is 0 Å². The minimum Gasteiger partial charge on any atom is -0.312 e. The maximum absolute atomic E-state index is 9.63. The lowest BCUT2D eigenvalue weighted by Gasteiger charge is -1.93. The molecule has 0 rings (SSSR count). The van der Waals surface area contributed by atoms with Gasteiger partial charge in [-0.1, -0.05) is 12.8 Å². The number of aliphatic imine (C=N–C) groups is 2. The Morgan fingerprint density at radius 3 is 1.38 bits per heavy atom. The zero-order chi connectivity index (χ0) is 12.6. The standard InChI is InChI=1S/C8H12N2O2.C3H9N/c11-7-9-5-3-1-2-4-6-10-8-12;1-4(2)3/h1-6H2;1-3H3. The van der Waals surface area contributed by atoms with Crippen molar-refractivity contribution in [3.05, 3.63) is 0 Å². The second-order valence-electron chi connectivity index (χ2n) is 3.70. The second kappa shape index (κ2) is 16.2. The van der Waals surface area contributed by atoms with Gasteiger partial charge in [0, 0.05) is 0 Å². The van der Waals surface area contributed by atoms with Crippen molar-refractivity contribution in [2.45, 2.75) is 25.7 Å². The van der Waals surface area contributed by atoms with Crippen LogP contribution in [-0.4, -0.2) is 51.3 Å². The van der Waals surface area contributed by atoms with E-state index < -0.39 is 0 Å². The summed E-state index contributed by atoms with van der Waals surface area (Å²) in [6.07, 6.45) is 6.80. The first-order chi connectivity index (χ1) is 7.65. The summed E-state index contributed by atoms with van der Waals surface area (Å²) >= 11 is 0. The number of hydrogen-bond acceptors (Lipinski definition) is 5. The first-order valence-corrected chi connectivity index (χ1v) is 5.33. The topological polar surface area (TPSA) is 62.1 Å². The third-order valence-corrected chi connectivity index (χ3v) is 1.42. The van der Waals surface area contributed by atoms with E-state index >= 15 is 0 Å². The Morgan fingerprint density at radius 2 is 1.12 bits per heavy atom. The quantitative estimate of drug-likeness (QED) is 0.375. The molecule has 0 spiro atoms. The summed E-state index contributed by atoms with van der Waals surface area (Å²) in [6, 6.07) is 0. The third kappa shape index (κ3) is 29.3. The molecule has 16 heavy (non-hydrogen) atoms. The maximum Gasteiger partial charge on any atom is 0.234 e. The van der Waals surface area contributed by atoms with Gasteiger partial charge in [-0.05, 0) is 34.0 Å². The van der Waals surface area contributed by atoms with Gasteiger partial charge in [0.15, 0.2) is 0 Å². The number of nitrogens with zero attached hydrogens (tertiary/aromatic N) is 3. The first kappa shape index (κ1) is 17.1. The molecule has 0 saturated carbocycles. The van der Waals surface area contributed by atoms with Crippen LogP contribution in [0.4, 0.5) is 0 Å². The molecule has 0 amide bonds. The van der Waals surface area contributed by atoms with Gasteiger partial charge in [0.2, 0.25) is 12.2 Å². The van der Waals surface area contributed by atoms with E-state index in [1.807, 2.05) is 26.0 Å². The molecule has 5 heteroatoms. The largest absolute Gasteiger partial charge is 0.312 e. The highest BCUT2D eigenvalue weighted by molar-refractivity contribution is 5.32. The molecule has 5 nitrogen and oxygen atoms in total. The van der Waals surface area contributed by atoms with E-state index in [4.69, 9.17) is 0 Å². The van der Waals surface area contributed by atoms with Gasteiger partial charge in [-0.2, -0.15) is 0 Å². The van der Waals surface area contributed by atoms with Crippen LogP contribution in [0.1, 0.15) is 25.7 Å². The predicted molar refractivity (Wildman–Crippen MR) is 64.1 cm³/mol. The number of unbranched alkanes of at least 4 members (excludes halogenated alkanes) is 3. The van der Waals surface area contributed by atoms with E-state index in [9.17, 15) is 9.59 Å². The summed E-state index contributed by atoms with van der Waals surface area (Å²) in [4.78, 5) is 28.1. The van der Waals surface area contributed by atoms with Gasteiger partial charge in [-0.15, -0.1) is 0 Å². The highest BCUT2D eigenvalue weighted by Crippen LogP contribution is 1.99. The molecule has 0 aliphatic carbocycles. The molecule has 0 fully saturated rings. The molecule has 0 aromatic carbocycles. The van der Waals surface area contributed by atoms with Gasteiger partial charge in [0.05, 0.1) is 13.1 Å². The summed E-state index contributed by atoms with van der Waals surface area (Å²) in [7, 11) is 6.00. The minimum atomic E-state index is 0.556. The SMILES string of the molecule is CN(C)C.O=C=NCCCCCCN=C=O. The van der Waals surface area contributed by atoms with Crippen molar-refractivity contribution < 1.29 is 9.59 Å². The number of carbonyl (C=O) groups excluding carboxylic acids is 2. The van der Waals surface area contributed by atoms with E-state index in [0.717, 1.165) is 25.7 Å². The van der Waals surface area contributed by atoms with Gasteiger partial charge in [-0.25, -0.2) is 19.6 Å². The Hall–Kier alpha value is -1.28. The molecular weight excluding hydrogens is 206 g/mol. The van der Waals surface area contributed by atoms with Crippen LogP contribution in [0.25, 0.3) is 0 Å². The lowest BCUT2D eigenvalue weighted by molar-refractivity contribution is 0.505. The smallest absolute Gasteiger partial charge is 0.234 e. The number of isocyanates is 2. The lowest BCUT2D eigenvalue weighted by Crippen LogP contribution is -1.99. The average Bonchev–Trinajstić information content (AvgIpc) is 2.21. The van der Waals surface area contributed by atoms with Gasteiger partial charge < -0.3 is 4.90 Å². The summed E-state index contributed by atoms with van der Waals surface area (Å²) < 4.78 is 0. The maximum atomic E-state index is 9.63. The predicted octanol–water partition coefficient (Wildman–Crippen LogP) is 1.40. The zero-order valence-electron chi connectivity index (χ0n) is 10.4. The normalized spacial score (nSPS) is 8.50. The van der Waals surface area contributed by atoms with Crippen molar-refractivity contribution in [1.82, 2.24) is 4.90 Å². The summed E-state index contributed by atoms with van der Waals surface area (Å²) in [5.41, 5.74) is 0. The van der Waals surface area contributed by atoms with Crippen LogP contribution in [0, 0.1) is 0 Å². The average molecular weight is 227 g/mol. The van der Waals surface area contributed by atoms with E-state index in [-0.39, 0.29) is 0 Å². The fourth-order valence-corrected chi connectivity index (χ4v) is 0.827. The van der Waals surface area contributed by atoms with Gasteiger partial charge in [0.1, 0.15) is 0 Å². The van der Waals surface area contributed by atoms with Crippen molar-refractivity contribution in [2.24, 2.45) is 9.98 Å². The zero-order valence-corrected chi connectivity index (χ0v) is 10.4. The molecule has 0 aliphatic heterocycles. The molecule has 0 unspecified atom stereocenters. The number of rotatable bonds is 7. The van der Waals surface area contributed by atoms with Gasteiger partial charge in [-0.3, -0.25) is 0 Å². The monoisotopic (exact) mass is 227 g/mol. The second-order valence-corrected chi connectivity index (χ2v) is 3.70. The van der Waals surface area contributed by atoms with Crippen molar-refractivity contribution in [2.75, 3.05) is 34.2 Å². The van der Waals surface area contributed by atoms with Crippen molar-refractivity contribution in [1.29, 1.82) is 0 Å². The molecule has 0 radical (unpaired) electrons. The first-order valence-electron chi connectivity index (χ1n) is 5.33. The summed E-state index contributed by atoms with van der Waals surface area (Å²) in [5.74, 6) is 0. The molecule has 0 N–H and O–H groups in total. The summed E-state index contributed by atoms with van der Waals surface area (Å²) in [5, 5.41) is 0. The summed E-state index contributed by atoms with van der Waals surface area (Å²) in [6.45, 7) is 1.11. The highest BCUT2D eigenvalue weighted by atomic mass is 16.1. The van der Waals surface area contributed by atoms with E-state index in [1.54, 1.807) is 0 Å². The Morgan fingerprint density at radius 1 is 0.812 bits per heavy atom. The van der Waals surface area contributed by atoms with Crippen LogP contribution in [0.15, 0.2) is 9.98 Å². The van der Waals surface area contributed by atoms with Crippen molar-refractivity contribution in [3.8, 4) is 0 Å². The molecule has 0 bridgehead atoms. The third-order valence-electron chi connectivity index (χ3n) is 1.42. The molecule has 0 atom stereocenters. The molecule has 0 aromatic rings. The molecule has 0 aliphatic rings. The van der Waals surface area contributed by atoms with Crippen molar-refractivity contribution in [3.63, 3.8) is 0 Å². The fourth-order valence-electron chi connectivity index (χ4n) is 0.827. The van der Waals surface area contributed by atoms with E-state index in [2.05, 4.69) is 9.98 Å². The van der Waals surface area contributed by atoms with Crippen LogP contribution < -0.4 is 0 Å². The van der Waals surface area contributed by atoms with E-state index in [0.29, 0.717) is 13.1 Å². The van der Waals surface area contributed by atoms with Crippen LogP contribution in [0.2, 0.25) is 0 Å². The Balaban J connectivity index is 0. The van der Waals surface area contributed by atoms with Crippen LogP contribution >= 0.6 is 0 Å². The molecular formula is C11H21N3O2. The van der Waals surface area contributed by atoms with Crippen LogP contribution in [0.5, 0.6) is 0 Å². The van der Waals surface area contributed by atoms with E-state index in [1.165, 1.54) is 12.2 Å².